The van der Waals surface area contributed by atoms with Crippen LogP contribution in [0.5, 0.6) is 23.0 Å². The summed E-state index contributed by atoms with van der Waals surface area (Å²) in [5.41, 5.74) is 2.02. The molecule has 2 aromatic rings. The molecule has 4 rings (SSSR count). The van der Waals surface area contributed by atoms with Crippen molar-refractivity contribution >= 4 is 5.97 Å². The van der Waals surface area contributed by atoms with E-state index in [1.807, 2.05) is 18.2 Å². The van der Waals surface area contributed by atoms with Crippen molar-refractivity contribution in [3.63, 3.8) is 0 Å². The van der Waals surface area contributed by atoms with Gasteiger partial charge in [0.25, 0.3) is 0 Å². The fourth-order valence-corrected chi connectivity index (χ4v) is 5.36. The average Bonchev–Trinajstić information content (AvgIpc) is 3.29. The molecule has 0 spiro atoms. The molecule has 2 heterocycles. The van der Waals surface area contributed by atoms with Crippen LogP contribution in [-0.2, 0) is 27.1 Å². The van der Waals surface area contributed by atoms with E-state index in [-0.39, 0.29) is 24.2 Å². The van der Waals surface area contributed by atoms with Crippen LogP contribution in [0.15, 0.2) is 30.3 Å². The quantitative estimate of drug-likeness (QED) is 0.312. The lowest BCUT2D eigenvalue weighted by Gasteiger charge is -2.40. The molecule has 2 fully saturated rings. The highest BCUT2D eigenvalue weighted by Gasteiger charge is 2.45. The van der Waals surface area contributed by atoms with E-state index in [0.29, 0.717) is 41.2 Å². The third-order valence-corrected chi connectivity index (χ3v) is 7.48. The van der Waals surface area contributed by atoms with Crippen LogP contribution >= 0.6 is 0 Å². The van der Waals surface area contributed by atoms with Crippen LogP contribution in [0.2, 0.25) is 0 Å². The van der Waals surface area contributed by atoms with Crippen LogP contribution in [0.3, 0.4) is 0 Å². The van der Waals surface area contributed by atoms with Gasteiger partial charge in [0, 0.05) is 11.5 Å². The summed E-state index contributed by atoms with van der Waals surface area (Å²) in [6.07, 6.45) is -5.92. The number of esters is 1. The number of ether oxygens (including phenoxy) is 6. The van der Waals surface area contributed by atoms with Gasteiger partial charge in [-0.3, -0.25) is 4.79 Å². The van der Waals surface area contributed by atoms with Crippen LogP contribution in [0.1, 0.15) is 22.8 Å². The number of hydrogen-bond donors (Lipinski definition) is 4. The van der Waals surface area contributed by atoms with E-state index in [1.54, 1.807) is 26.4 Å². The number of aliphatic hydroxyl groups excluding tert-OH is 4. The second-order valence-corrected chi connectivity index (χ2v) is 9.76. The van der Waals surface area contributed by atoms with Gasteiger partial charge in [0.1, 0.15) is 30.5 Å². The molecule has 11 nitrogen and oxygen atoms in total. The van der Waals surface area contributed by atoms with Crippen molar-refractivity contribution < 1.29 is 53.6 Å². The minimum Gasteiger partial charge on any atom is -0.493 e. The van der Waals surface area contributed by atoms with Gasteiger partial charge in [0.15, 0.2) is 23.0 Å². The van der Waals surface area contributed by atoms with Crippen LogP contribution in [0, 0.1) is 11.8 Å². The highest BCUT2D eigenvalue weighted by Crippen LogP contribution is 2.43. The van der Waals surface area contributed by atoms with Crippen LogP contribution in [-0.4, -0.2) is 92.5 Å². The highest BCUT2D eigenvalue weighted by atomic mass is 16.6. The molecule has 0 saturated carbocycles. The smallest absolute Gasteiger partial charge is 0.309 e. The summed E-state index contributed by atoms with van der Waals surface area (Å²) in [7, 11) is 6.02. The van der Waals surface area contributed by atoms with Crippen molar-refractivity contribution in [3.05, 3.63) is 47.0 Å². The standard InChI is InChI=1S/C28H36O11/c1-34-19-6-5-14(10-20(19)35-2)7-16-13-38-28(33)17(16)8-15-9-18(26(37-4)21(11-15)36-3)27-25(32)24(31)23(30)22(12-29)39-27/h5-6,9-11,16-17,22-25,27,29-32H,7-8,12-13H2,1-4H3/t16?,17?,22-,23-,24+,25-,27+/m1/s1. The number of carbonyl (C=O) groups is 1. The number of rotatable bonds is 10. The zero-order valence-electron chi connectivity index (χ0n) is 22.4. The molecule has 0 aliphatic carbocycles. The maximum Gasteiger partial charge on any atom is 0.309 e. The van der Waals surface area contributed by atoms with Crippen LogP contribution in [0.4, 0.5) is 0 Å². The van der Waals surface area contributed by atoms with Gasteiger partial charge >= 0.3 is 5.97 Å². The van der Waals surface area contributed by atoms with Gasteiger partial charge in [-0.25, -0.2) is 0 Å². The van der Waals surface area contributed by atoms with E-state index in [4.69, 9.17) is 28.4 Å². The maximum absolute atomic E-state index is 12.8. The molecule has 2 aliphatic rings. The van der Waals surface area contributed by atoms with Crippen molar-refractivity contribution in [1.82, 2.24) is 0 Å². The van der Waals surface area contributed by atoms with E-state index in [1.165, 1.54) is 14.2 Å². The lowest BCUT2D eigenvalue weighted by Crippen LogP contribution is -2.55. The summed E-state index contributed by atoms with van der Waals surface area (Å²) in [5.74, 6) is 0.928. The predicted octanol–water partition coefficient (Wildman–Crippen LogP) is 0.810. The van der Waals surface area contributed by atoms with Crippen LogP contribution < -0.4 is 18.9 Å². The van der Waals surface area contributed by atoms with Crippen molar-refractivity contribution in [1.29, 1.82) is 0 Å². The fraction of sp³-hybridized carbons (Fsp3) is 0.536. The first-order chi connectivity index (χ1) is 18.8. The summed E-state index contributed by atoms with van der Waals surface area (Å²) < 4.78 is 33.0. The van der Waals surface area contributed by atoms with Gasteiger partial charge < -0.3 is 48.8 Å². The molecule has 7 atom stereocenters. The molecule has 0 radical (unpaired) electrons. The Hall–Kier alpha value is -3.09. The predicted molar refractivity (Wildman–Crippen MR) is 137 cm³/mol. The van der Waals surface area contributed by atoms with Gasteiger partial charge in [0.05, 0.1) is 47.6 Å². The van der Waals surface area contributed by atoms with Gasteiger partial charge in [-0.15, -0.1) is 0 Å². The topological polar surface area (TPSA) is 153 Å². The fourth-order valence-electron chi connectivity index (χ4n) is 5.36. The molecule has 2 aliphatic heterocycles. The summed E-state index contributed by atoms with van der Waals surface area (Å²) >= 11 is 0. The molecule has 214 valence electrons. The molecular weight excluding hydrogens is 512 g/mol. The molecule has 0 amide bonds. The lowest BCUT2D eigenvalue weighted by atomic mass is 9.83. The minimum absolute atomic E-state index is 0.112. The highest BCUT2D eigenvalue weighted by molar-refractivity contribution is 5.75. The Bertz CT molecular complexity index is 1150. The summed E-state index contributed by atoms with van der Waals surface area (Å²) in [6.45, 7) is -0.295. The molecule has 11 heteroatoms. The minimum atomic E-state index is -1.56. The van der Waals surface area contributed by atoms with Crippen molar-refractivity contribution in [2.24, 2.45) is 11.8 Å². The molecule has 0 bridgehead atoms. The van der Waals surface area contributed by atoms with Gasteiger partial charge in [-0.05, 0) is 48.2 Å². The molecule has 2 saturated heterocycles. The third kappa shape index (κ3) is 5.78. The first-order valence-electron chi connectivity index (χ1n) is 12.7. The molecule has 0 aromatic heterocycles. The van der Waals surface area contributed by atoms with Gasteiger partial charge in [-0.2, -0.15) is 0 Å². The number of hydrogen-bond acceptors (Lipinski definition) is 11. The number of methoxy groups -OCH3 is 4. The summed E-state index contributed by atoms with van der Waals surface area (Å²) in [4.78, 5) is 12.8. The monoisotopic (exact) mass is 548 g/mol. The van der Waals surface area contributed by atoms with E-state index in [2.05, 4.69) is 0 Å². The molecule has 4 N–H and O–H groups in total. The normalized spacial score (nSPS) is 28.6. The molecular formula is C28H36O11. The average molecular weight is 549 g/mol. The largest absolute Gasteiger partial charge is 0.493 e. The molecule has 2 aromatic carbocycles. The Kier molecular flexibility index (Phi) is 9.19. The lowest BCUT2D eigenvalue weighted by molar-refractivity contribution is -0.232. The van der Waals surface area contributed by atoms with E-state index < -0.39 is 43.0 Å². The van der Waals surface area contributed by atoms with E-state index in [0.717, 1.165) is 5.56 Å². The Morgan fingerprint density at radius 3 is 2.15 bits per heavy atom. The zero-order chi connectivity index (χ0) is 28.3. The van der Waals surface area contributed by atoms with Crippen molar-refractivity contribution in [2.45, 2.75) is 43.4 Å². The summed E-state index contributed by atoms with van der Waals surface area (Å²) in [6, 6.07) is 9.08. The number of cyclic esters (lactones) is 1. The zero-order valence-corrected chi connectivity index (χ0v) is 22.4. The first-order valence-corrected chi connectivity index (χ1v) is 12.7. The number of benzene rings is 2. The SMILES string of the molecule is COc1ccc(CC2COC(=O)C2Cc2cc(OC)c(OC)c([C@@H]3O[C@H](CO)[C@@H](O)[C@H](O)[C@H]3O)c2)cc1OC. The number of aliphatic hydroxyl groups is 4. The Balaban J connectivity index is 1.64. The van der Waals surface area contributed by atoms with E-state index >= 15 is 0 Å². The van der Waals surface area contributed by atoms with Crippen molar-refractivity contribution in [3.8, 4) is 23.0 Å². The molecule has 39 heavy (non-hydrogen) atoms. The van der Waals surface area contributed by atoms with Crippen molar-refractivity contribution in [2.75, 3.05) is 41.7 Å². The third-order valence-electron chi connectivity index (χ3n) is 7.48. The second kappa shape index (κ2) is 12.4. The van der Waals surface area contributed by atoms with E-state index in [9.17, 15) is 25.2 Å². The number of carbonyl (C=O) groups excluding carboxylic acids is 1. The Labute approximate surface area is 226 Å². The Morgan fingerprint density at radius 1 is 0.821 bits per heavy atom. The van der Waals surface area contributed by atoms with Gasteiger partial charge in [-0.1, -0.05) is 6.07 Å². The molecule has 2 unspecified atom stereocenters. The second-order valence-electron chi connectivity index (χ2n) is 9.76. The van der Waals surface area contributed by atoms with Crippen LogP contribution in [0.25, 0.3) is 0 Å². The first kappa shape index (κ1) is 28.9. The van der Waals surface area contributed by atoms with Gasteiger partial charge in [0.2, 0.25) is 0 Å². The summed E-state index contributed by atoms with van der Waals surface area (Å²) in [5, 5.41) is 41.0. The maximum atomic E-state index is 12.8. The Morgan fingerprint density at radius 2 is 1.51 bits per heavy atom.